The number of amides is 3. The Hall–Kier alpha value is -2.92. The van der Waals surface area contributed by atoms with Gasteiger partial charge in [-0.25, -0.2) is 5.01 Å². The van der Waals surface area contributed by atoms with Gasteiger partial charge in [-0.3, -0.25) is 29.3 Å². The van der Waals surface area contributed by atoms with E-state index in [0.717, 1.165) is 16.1 Å². The second kappa shape index (κ2) is 8.94. The van der Waals surface area contributed by atoms with Gasteiger partial charge in [-0.2, -0.15) is 5.01 Å². The van der Waals surface area contributed by atoms with Gasteiger partial charge >= 0.3 is 0 Å². The van der Waals surface area contributed by atoms with Crippen molar-refractivity contribution in [2.75, 3.05) is 6.54 Å². The van der Waals surface area contributed by atoms with Crippen molar-refractivity contribution in [3.05, 3.63) is 75.8 Å². The summed E-state index contributed by atoms with van der Waals surface area (Å²) in [7, 11) is 0. The summed E-state index contributed by atoms with van der Waals surface area (Å²) in [5, 5.41) is 12.9. The molecule has 3 aliphatic rings. The van der Waals surface area contributed by atoms with Crippen LogP contribution in [0, 0.1) is 33.8 Å². The monoisotopic (exact) mass is 603 g/mol. The number of benzene rings is 2. The summed E-state index contributed by atoms with van der Waals surface area (Å²) in [6.45, 7) is -0.562. The maximum atomic E-state index is 13.6. The summed E-state index contributed by atoms with van der Waals surface area (Å²) in [5.74, 6) is -3.66. The Morgan fingerprint density at radius 2 is 1.51 bits per heavy atom. The van der Waals surface area contributed by atoms with Crippen molar-refractivity contribution in [3.8, 4) is 0 Å². The smallest absolute Gasteiger partial charge is 0.273 e. The number of carbonyl (C=O) groups excluding carboxylic acids is 4. The highest BCUT2D eigenvalue weighted by Gasteiger charge is 2.67. The van der Waals surface area contributed by atoms with Gasteiger partial charge in [-0.15, -0.1) is 0 Å². The molecule has 2 aromatic rings. The van der Waals surface area contributed by atoms with E-state index in [0.29, 0.717) is 12.0 Å². The van der Waals surface area contributed by atoms with Crippen LogP contribution in [0.15, 0.2) is 54.6 Å². The number of fused-ring (bicyclic) bond motifs is 5. The highest BCUT2D eigenvalue weighted by atomic mass is 79.9. The van der Waals surface area contributed by atoms with E-state index in [2.05, 4.69) is 31.9 Å². The molecule has 1 heterocycles. The molecule has 2 bridgehead atoms. The van der Waals surface area contributed by atoms with Crippen molar-refractivity contribution in [1.29, 1.82) is 0 Å². The van der Waals surface area contributed by atoms with Gasteiger partial charge in [-0.05, 0) is 24.3 Å². The van der Waals surface area contributed by atoms with Crippen LogP contribution < -0.4 is 0 Å². The predicted molar refractivity (Wildman–Crippen MR) is 131 cm³/mol. The first kappa shape index (κ1) is 23.8. The first-order valence-corrected chi connectivity index (χ1v) is 12.8. The van der Waals surface area contributed by atoms with Crippen molar-refractivity contribution >= 4 is 61.1 Å². The number of ketones is 1. The van der Waals surface area contributed by atoms with Gasteiger partial charge in [-0.1, -0.05) is 68.3 Å². The van der Waals surface area contributed by atoms with Crippen molar-refractivity contribution in [1.82, 2.24) is 10.0 Å². The van der Waals surface area contributed by atoms with Crippen molar-refractivity contribution < 1.29 is 24.1 Å². The zero-order chi connectivity index (χ0) is 25.0. The summed E-state index contributed by atoms with van der Waals surface area (Å²) in [5.41, 5.74) is -0.106. The molecule has 0 N–H and O–H groups in total. The van der Waals surface area contributed by atoms with Gasteiger partial charge in [0.2, 0.25) is 0 Å². The second-order valence-electron chi connectivity index (χ2n) is 8.95. The molecule has 11 heteroatoms. The zero-order valence-electron chi connectivity index (χ0n) is 18.1. The Morgan fingerprint density at radius 1 is 0.943 bits per heavy atom. The van der Waals surface area contributed by atoms with E-state index in [9.17, 15) is 29.3 Å². The van der Waals surface area contributed by atoms with Gasteiger partial charge in [0, 0.05) is 32.9 Å². The molecule has 1 saturated heterocycles. The lowest BCUT2D eigenvalue weighted by atomic mass is 9.81. The van der Waals surface area contributed by atoms with Crippen LogP contribution in [-0.2, 0) is 9.59 Å². The third-order valence-electron chi connectivity index (χ3n) is 7.13. The SMILES string of the molecule is O=C(CN(C(=O)c1cccc([N+](=O)[O-])c1)N1C(=O)[C@@H]2[C@H]3C[C@@H]([C@@H](Br)[C@H]3Br)[C@H]2C1=O)c1ccccc1. The summed E-state index contributed by atoms with van der Waals surface area (Å²) in [4.78, 5) is 64.4. The molecule has 1 aliphatic heterocycles. The van der Waals surface area contributed by atoms with Gasteiger partial charge in [0.15, 0.2) is 5.78 Å². The highest BCUT2D eigenvalue weighted by molar-refractivity contribution is 9.12. The molecule has 9 nitrogen and oxygen atoms in total. The molecule has 0 aromatic heterocycles. The molecule has 2 aromatic carbocycles. The minimum Gasteiger partial charge on any atom is -0.292 e. The molecule has 3 amide bonds. The maximum Gasteiger partial charge on any atom is 0.273 e. The van der Waals surface area contributed by atoms with Crippen LogP contribution in [0.25, 0.3) is 0 Å². The molecular weight excluding hydrogens is 586 g/mol. The van der Waals surface area contributed by atoms with E-state index in [1.165, 1.54) is 18.2 Å². The fourth-order valence-electron chi connectivity index (χ4n) is 5.56. The standard InChI is InChI=1S/C24H19Br2N3O6/c25-20-15-10-16(21(20)26)19-18(15)23(32)28(24(19)33)27(11-17(30)12-5-2-1-3-6-12)22(31)13-7-4-8-14(9-13)29(34)35/h1-9,15-16,18-21H,10-11H2/t15-,16-,18-,19-,20-,21+/m1/s1. The Labute approximate surface area is 216 Å². The lowest BCUT2D eigenvalue weighted by Crippen LogP contribution is -2.52. The number of halogens is 2. The Balaban J connectivity index is 1.53. The number of hydrazine groups is 1. The van der Waals surface area contributed by atoms with Crippen LogP contribution >= 0.6 is 31.9 Å². The number of hydrogen-bond donors (Lipinski definition) is 0. The molecule has 180 valence electrons. The molecule has 6 atom stereocenters. The van der Waals surface area contributed by atoms with Gasteiger partial charge < -0.3 is 0 Å². The molecular formula is C24H19Br2N3O6. The van der Waals surface area contributed by atoms with Crippen LogP contribution in [0.1, 0.15) is 27.1 Å². The van der Waals surface area contributed by atoms with E-state index < -0.39 is 46.8 Å². The quantitative estimate of drug-likeness (QED) is 0.163. The first-order chi connectivity index (χ1) is 16.7. The van der Waals surface area contributed by atoms with Gasteiger partial charge in [0.05, 0.1) is 16.8 Å². The maximum absolute atomic E-state index is 13.6. The predicted octanol–water partition coefficient (Wildman–Crippen LogP) is 3.61. The van der Waals surface area contributed by atoms with E-state index in [4.69, 9.17) is 0 Å². The first-order valence-electron chi connectivity index (χ1n) is 11.0. The minimum absolute atomic E-state index is 0.0114. The molecule has 35 heavy (non-hydrogen) atoms. The van der Waals surface area contributed by atoms with Crippen LogP contribution in [0.4, 0.5) is 5.69 Å². The molecule has 5 rings (SSSR count). The van der Waals surface area contributed by atoms with Gasteiger partial charge in [0.25, 0.3) is 23.4 Å². The number of alkyl halides is 2. The van der Waals surface area contributed by atoms with Crippen LogP contribution in [0.5, 0.6) is 0 Å². The molecule has 0 radical (unpaired) electrons. The van der Waals surface area contributed by atoms with E-state index in [1.807, 2.05) is 0 Å². The van der Waals surface area contributed by atoms with Crippen molar-refractivity contribution in [2.24, 2.45) is 23.7 Å². The number of nitrogens with zero attached hydrogens (tertiary/aromatic N) is 3. The summed E-state index contributed by atoms with van der Waals surface area (Å²) < 4.78 is 0. The number of hydrogen-bond acceptors (Lipinski definition) is 6. The third kappa shape index (κ3) is 3.81. The number of rotatable bonds is 6. The van der Waals surface area contributed by atoms with Crippen LogP contribution in [0.2, 0.25) is 0 Å². The number of imide groups is 1. The topological polar surface area (TPSA) is 118 Å². The average molecular weight is 605 g/mol. The molecule has 2 aliphatic carbocycles. The van der Waals surface area contributed by atoms with Crippen LogP contribution in [-0.4, -0.2) is 54.6 Å². The zero-order valence-corrected chi connectivity index (χ0v) is 21.3. The average Bonchev–Trinajstić information content (AvgIpc) is 3.47. The lowest BCUT2D eigenvalue weighted by Gasteiger charge is -2.30. The fraction of sp³-hybridized carbons (Fsp3) is 0.333. The van der Waals surface area contributed by atoms with E-state index in [-0.39, 0.29) is 32.7 Å². The summed E-state index contributed by atoms with van der Waals surface area (Å²) >= 11 is 7.26. The Kier molecular flexibility index (Phi) is 6.08. The number of non-ortho nitro benzene ring substituents is 1. The van der Waals surface area contributed by atoms with Crippen molar-refractivity contribution in [3.63, 3.8) is 0 Å². The largest absolute Gasteiger partial charge is 0.292 e. The van der Waals surface area contributed by atoms with Crippen LogP contribution in [0.3, 0.4) is 0 Å². The molecule has 0 spiro atoms. The summed E-state index contributed by atoms with van der Waals surface area (Å²) in [6, 6.07) is 13.2. The normalized spacial score (nSPS) is 28.8. The Bertz CT molecular complexity index is 1220. The number of Topliss-reactive ketones (excluding diaryl/α,β-unsaturated/α-hetero) is 1. The van der Waals surface area contributed by atoms with E-state index in [1.54, 1.807) is 30.3 Å². The molecule has 0 unspecified atom stereocenters. The molecule has 2 saturated carbocycles. The number of carbonyl (C=O) groups is 4. The minimum atomic E-state index is -0.835. The van der Waals surface area contributed by atoms with E-state index >= 15 is 0 Å². The molecule has 3 fully saturated rings. The second-order valence-corrected chi connectivity index (χ2v) is 11.1. The fourth-order valence-corrected chi connectivity index (χ4v) is 7.43. The Morgan fingerprint density at radius 3 is 2.09 bits per heavy atom. The van der Waals surface area contributed by atoms with Crippen molar-refractivity contribution in [2.45, 2.75) is 16.1 Å². The summed E-state index contributed by atoms with van der Waals surface area (Å²) in [6.07, 6.45) is 0.717. The highest BCUT2D eigenvalue weighted by Crippen LogP contribution is 2.60. The number of nitro benzene ring substituents is 1. The number of nitro groups is 1. The third-order valence-corrected chi connectivity index (χ3v) is 10.3. The lowest BCUT2D eigenvalue weighted by molar-refractivity contribution is -0.384. The van der Waals surface area contributed by atoms with Gasteiger partial charge in [0.1, 0.15) is 6.54 Å².